The van der Waals surface area contributed by atoms with Crippen LogP contribution in [0.4, 0.5) is 21.9 Å². The molecule has 0 aliphatic carbocycles. The molecule has 0 saturated carbocycles. The lowest BCUT2D eigenvalue weighted by Gasteiger charge is -2.24. The summed E-state index contributed by atoms with van der Waals surface area (Å²) < 4.78 is 0. The summed E-state index contributed by atoms with van der Waals surface area (Å²) in [6.07, 6.45) is 3.19. The Bertz CT molecular complexity index is 942. The van der Waals surface area contributed by atoms with Crippen LogP contribution in [-0.2, 0) is 6.54 Å². The fourth-order valence-electron chi connectivity index (χ4n) is 2.58. The summed E-state index contributed by atoms with van der Waals surface area (Å²) >= 11 is 0. The zero-order valence-corrected chi connectivity index (χ0v) is 14.5. The monoisotopic (exact) mass is 361 g/mol. The fraction of sp³-hybridized carbons (Fsp3) is 0.0500. The van der Waals surface area contributed by atoms with Crippen LogP contribution >= 0.6 is 0 Å². The van der Waals surface area contributed by atoms with Crippen LogP contribution in [0.5, 0.6) is 0 Å². The van der Waals surface area contributed by atoms with E-state index in [-0.39, 0.29) is 12.6 Å². The molecule has 136 valence electrons. The van der Waals surface area contributed by atoms with Gasteiger partial charge in [0.2, 0.25) is 5.91 Å². The van der Waals surface area contributed by atoms with Gasteiger partial charge in [0.1, 0.15) is 0 Å². The van der Waals surface area contributed by atoms with Crippen LogP contribution in [0.15, 0.2) is 73.1 Å². The van der Waals surface area contributed by atoms with E-state index in [4.69, 9.17) is 11.5 Å². The number of rotatable bonds is 5. The number of benzene rings is 2. The second-order valence-corrected chi connectivity index (χ2v) is 5.88. The summed E-state index contributed by atoms with van der Waals surface area (Å²) in [5.74, 6) is -0.500. The van der Waals surface area contributed by atoms with Crippen LogP contribution in [0.1, 0.15) is 15.9 Å². The van der Waals surface area contributed by atoms with E-state index < -0.39 is 5.91 Å². The van der Waals surface area contributed by atoms with Crippen molar-refractivity contribution in [3.8, 4) is 0 Å². The Morgan fingerprint density at radius 2 is 1.74 bits per heavy atom. The van der Waals surface area contributed by atoms with Gasteiger partial charge in [-0.2, -0.15) is 0 Å². The Kier molecular flexibility index (Phi) is 5.32. The molecule has 0 saturated heterocycles. The molecular weight excluding hydrogens is 342 g/mol. The molecule has 5 N–H and O–H groups in total. The van der Waals surface area contributed by atoms with Crippen molar-refractivity contribution < 1.29 is 9.59 Å². The van der Waals surface area contributed by atoms with Gasteiger partial charge >= 0.3 is 6.03 Å². The zero-order valence-electron chi connectivity index (χ0n) is 14.5. The Balaban J connectivity index is 1.89. The van der Waals surface area contributed by atoms with E-state index in [1.807, 2.05) is 6.07 Å². The summed E-state index contributed by atoms with van der Waals surface area (Å²) in [5, 5.41) is 2.81. The van der Waals surface area contributed by atoms with Gasteiger partial charge in [-0.15, -0.1) is 0 Å². The van der Waals surface area contributed by atoms with Gasteiger partial charge in [0, 0.05) is 11.8 Å². The Hall–Kier alpha value is -3.87. The number of urea groups is 1. The van der Waals surface area contributed by atoms with Gasteiger partial charge in [0.25, 0.3) is 0 Å². The molecule has 27 heavy (non-hydrogen) atoms. The molecule has 0 aliphatic heterocycles. The van der Waals surface area contributed by atoms with E-state index in [1.54, 1.807) is 67.0 Å². The number of aromatic nitrogens is 1. The molecule has 0 spiro atoms. The summed E-state index contributed by atoms with van der Waals surface area (Å²) in [5.41, 5.74) is 14.2. The van der Waals surface area contributed by atoms with Crippen LogP contribution in [0.25, 0.3) is 0 Å². The highest BCUT2D eigenvalue weighted by molar-refractivity contribution is 6.03. The van der Waals surface area contributed by atoms with Crippen LogP contribution in [-0.4, -0.2) is 16.9 Å². The van der Waals surface area contributed by atoms with Crippen molar-refractivity contribution in [3.63, 3.8) is 0 Å². The van der Waals surface area contributed by atoms with Gasteiger partial charge in [-0.1, -0.05) is 24.3 Å². The summed E-state index contributed by atoms with van der Waals surface area (Å²) in [7, 11) is 0. The first-order valence-electron chi connectivity index (χ1n) is 8.26. The molecule has 1 aromatic heterocycles. The van der Waals surface area contributed by atoms with Crippen LogP contribution in [0.2, 0.25) is 0 Å². The number of amides is 3. The summed E-state index contributed by atoms with van der Waals surface area (Å²) in [6, 6.07) is 17.0. The number of nitrogens with zero attached hydrogens (tertiary/aromatic N) is 2. The van der Waals surface area contributed by atoms with Crippen molar-refractivity contribution >= 4 is 29.0 Å². The molecule has 7 nitrogen and oxygen atoms in total. The lowest BCUT2D eigenvalue weighted by Crippen LogP contribution is -2.35. The predicted octanol–water partition coefficient (Wildman–Crippen LogP) is 3.00. The van der Waals surface area contributed by atoms with E-state index in [0.717, 1.165) is 5.56 Å². The lowest BCUT2D eigenvalue weighted by molar-refractivity contribution is 0.1000. The minimum absolute atomic E-state index is 0.263. The third-order valence-corrected chi connectivity index (χ3v) is 3.96. The SMILES string of the molecule is NC(=O)c1ccc(CN(C(=O)Nc2cccnc2)c2ccccc2N)cc1. The fourth-order valence-corrected chi connectivity index (χ4v) is 2.58. The molecule has 0 atom stereocenters. The molecule has 3 aromatic rings. The number of hydrogen-bond acceptors (Lipinski definition) is 4. The van der Waals surface area contributed by atoms with Crippen molar-refractivity contribution in [3.05, 3.63) is 84.2 Å². The molecule has 7 heteroatoms. The molecule has 3 rings (SSSR count). The van der Waals surface area contributed by atoms with E-state index in [1.165, 1.54) is 4.90 Å². The van der Waals surface area contributed by atoms with Gasteiger partial charge in [-0.3, -0.25) is 14.7 Å². The molecule has 3 amide bonds. The quantitative estimate of drug-likeness (QED) is 0.606. The van der Waals surface area contributed by atoms with Crippen molar-refractivity contribution in [2.75, 3.05) is 16.0 Å². The predicted molar refractivity (Wildman–Crippen MR) is 105 cm³/mol. The van der Waals surface area contributed by atoms with E-state index in [2.05, 4.69) is 10.3 Å². The number of hydrogen-bond donors (Lipinski definition) is 3. The largest absolute Gasteiger partial charge is 0.397 e. The van der Waals surface area contributed by atoms with Crippen LogP contribution in [0, 0.1) is 0 Å². The van der Waals surface area contributed by atoms with Crippen LogP contribution in [0.3, 0.4) is 0 Å². The molecule has 2 aromatic carbocycles. The second kappa shape index (κ2) is 8.01. The summed E-state index contributed by atoms with van der Waals surface area (Å²) in [6.45, 7) is 0.263. The first kappa shape index (κ1) is 17.9. The van der Waals surface area contributed by atoms with Gasteiger partial charge < -0.3 is 16.8 Å². The number of nitrogens with one attached hydrogen (secondary N) is 1. The maximum Gasteiger partial charge on any atom is 0.326 e. The van der Waals surface area contributed by atoms with E-state index in [0.29, 0.717) is 22.6 Å². The Labute approximate surface area is 156 Å². The minimum atomic E-state index is -0.500. The summed E-state index contributed by atoms with van der Waals surface area (Å²) in [4.78, 5) is 29.7. The van der Waals surface area contributed by atoms with Gasteiger partial charge in [0.05, 0.1) is 29.8 Å². The normalized spacial score (nSPS) is 10.2. The number of carbonyl (C=O) groups is 2. The average molecular weight is 361 g/mol. The number of anilines is 3. The third kappa shape index (κ3) is 4.40. The zero-order chi connectivity index (χ0) is 19.2. The van der Waals surface area contributed by atoms with Crippen LogP contribution < -0.4 is 21.7 Å². The number of primary amides is 1. The molecule has 0 radical (unpaired) electrons. The number of para-hydroxylation sites is 2. The molecule has 0 fully saturated rings. The Morgan fingerprint density at radius 1 is 1.00 bits per heavy atom. The standard InChI is InChI=1S/C20H19N5O2/c21-17-5-1-2-6-18(17)25(20(27)24-16-4-3-11-23-12-16)13-14-7-9-15(10-8-14)19(22)26/h1-12H,13,21H2,(H2,22,26)(H,24,27). The van der Waals surface area contributed by atoms with Crippen molar-refractivity contribution in [2.24, 2.45) is 5.73 Å². The second-order valence-electron chi connectivity index (χ2n) is 5.88. The minimum Gasteiger partial charge on any atom is -0.397 e. The maximum atomic E-state index is 12.9. The first-order valence-corrected chi connectivity index (χ1v) is 8.26. The van der Waals surface area contributed by atoms with Gasteiger partial charge in [-0.25, -0.2) is 4.79 Å². The number of pyridine rings is 1. The molecule has 0 unspecified atom stereocenters. The lowest BCUT2D eigenvalue weighted by atomic mass is 10.1. The topological polar surface area (TPSA) is 114 Å². The molecule has 1 heterocycles. The highest BCUT2D eigenvalue weighted by Crippen LogP contribution is 2.25. The van der Waals surface area contributed by atoms with E-state index in [9.17, 15) is 9.59 Å². The average Bonchev–Trinajstić information content (AvgIpc) is 2.68. The molecule has 0 bridgehead atoms. The highest BCUT2D eigenvalue weighted by Gasteiger charge is 2.19. The van der Waals surface area contributed by atoms with Gasteiger partial charge in [-0.05, 0) is 42.0 Å². The molecule has 0 aliphatic rings. The highest BCUT2D eigenvalue weighted by atomic mass is 16.2. The number of nitrogen functional groups attached to an aromatic ring is 1. The number of carbonyl (C=O) groups excluding carboxylic acids is 2. The van der Waals surface area contributed by atoms with Crippen molar-refractivity contribution in [2.45, 2.75) is 6.54 Å². The third-order valence-electron chi connectivity index (χ3n) is 3.96. The first-order chi connectivity index (χ1) is 13.0. The smallest absolute Gasteiger partial charge is 0.326 e. The maximum absolute atomic E-state index is 12.9. The number of nitrogens with two attached hydrogens (primary N) is 2. The molecular formula is C20H19N5O2. The Morgan fingerprint density at radius 3 is 2.37 bits per heavy atom. The van der Waals surface area contributed by atoms with Crippen molar-refractivity contribution in [1.82, 2.24) is 4.98 Å². The van der Waals surface area contributed by atoms with E-state index >= 15 is 0 Å². The van der Waals surface area contributed by atoms with Crippen molar-refractivity contribution in [1.29, 1.82) is 0 Å². The van der Waals surface area contributed by atoms with Gasteiger partial charge in [0.15, 0.2) is 0 Å².